The summed E-state index contributed by atoms with van der Waals surface area (Å²) in [5, 5.41) is 6.38. The number of ether oxygens (including phenoxy) is 1. The van der Waals surface area contributed by atoms with Crippen molar-refractivity contribution in [3.05, 3.63) is 30.6 Å². The van der Waals surface area contributed by atoms with E-state index in [2.05, 4.69) is 32.5 Å². The smallest absolute Gasteiger partial charge is 0.158 e. The van der Waals surface area contributed by atoms with Crippen molar-refractivity contribution in [2.75, 3.05) is 24.8 Å². The lowest BCUT2D eigenvalue weighted by Crippen LogP contribution is -2.22. The standard InChI is InChI=1S/C13H20N6O/c1-10(7-19-5-4-15-9-19)16-12-6-11(14-2)17-13(18-12)8-20-3/h4-6,9-10H,7-8H2,1-3H3,(H2,14,16,17,18). The summed E-state index contributed by atoms with van der Waals surface area (Å²) in [4.78, 5) is 12.8. The van der Waals surface area contributed by atoms with Crippen LogP contribution < -0.4 is 10.6 Å². The Balaban J connectivity index is 2.05. The molecule has 108 valence electrons. The fraction of sp³-hybridized carbons (Fsp3) is 0.462. The van der Waals surface area contributed by atoms with Crippen LogP contribution in [0.3, 0.4) is 0 Å². The van der Waals surface area contributed by atoms with Crippen LogP contribution in [0.15, 0.2) is 24.8 Å². The van der Waals surface area contributed by atoms with Gasteiger partial charge in [-0.3, -0.25) is 0 Å². The van der Waals surface area contributed by atoms with Crippen molar-refractivity contribution in [3.63, 3.8) is 0 Å². The number of methoxy groups -OCH3 is 1. The minimum atomic E-state index is 0.221. The molecule has 1 unspecified atom stereocenters. The molecular weight excluding hydrogens is 256 g/mol. The number of anilines is 2. The van der Waals surface area contributed by atoms with Crippen LogP contribution in [0.4, 0.5) is 11.6 Å². The maximum Gasteiger partial charge on any atom is 0.158 e. The van der Waals surface area contributed by atoms with Gasteiger partial charge < -0.3 is 19.9 Å². The van der Waals surface area contributed by atoms with Crippen LogP contribution in [-0.4, -0.2) is 39.7 Å². The van der Waals surface area contributed by atoms with E-state index < -0.39 is 0 Å². The molecule has 2 rings (SSSR count). The summed E-state index contributed by atoms with van der Waals surface area (Å²) in [6.45, 7) is 3.30. The van der Waals surface area contributed by atoms with E-state index in [0.29, 0.717) is 12.4 Å². The summed E-state index contributed by atoms with van der Waals surface area (Å²) < 4.78 is 7.10. The average molecular weight is 276 g/mol. The lowest BCUT2D eigenvalue weighted by molar-refractivity contribution is 0.178. The molecule has 0 amide bonds. The van der Waals surface area contributed by atoms with Crippen molar-refractivity contribution >= 4 is 11.6 Å². The molecule has 7 nitrogen and oxygen atoms in total. The number of rotatable bonds is 7. The molecule has 20 heavy (non-hydrogen) atoms. The predicted octanol–water partition coefficient (Wildman–Crippen LogP) is 1.36. The van der Waals surface area contributed by atoms with Crippen LogP contribution >= 0.6 is 0 Å². The highest BCUT2D eigenvalue weighted by Crippen LogP contribution is 2.13. The van der Waals surface area contributed by atoms with E-state index >= 15 is 0 Å². The van der Waals surface area contributed by atoms with E-state index in [-0.39, 0.29) is 6.04 Å². The Bertz CT molecular complexity index is 528. The van der Waals surface area contributed by atoms with Gasteiger partial charge >= 0.3 is 0 Å². The van der Waals surface area contributed by atoms with Gasteiger partial charge in [-0.1, -0.05) is 0 Å². The topological polar surface area (TPSA) is 76.9 Å². The van der Waals surface area contributed by atoms with E-state index in [1.54, 1.807) is 19.6 Å². The van der Waals surface area contributed by atoms with Gasteiger partial charge in [0.2, 0.25) is 0 Å². The Morgan fingerprint density at radius 1 is 1.35 bits per heavy atom. The minimum Gasteiger partial charge on any atom is -0.377 e. The molecule has 0 radical (unpaired) electrons. The quantitative estimate of drug-likeness (QED) is 0.795. The monoisotopic (exact) mass is 276 g/mol. The number of imidazole rings is 1. The molecule has 2 aromatic rings. The molecule has 0 aliphatic rings. The Morgan fingerprint density at radius 2 is 2.15 bits per heavy atom. The zero-order valence-corrected chi connectivity index (χ0v) is 12.0. The maximum absolute atomic E-state index is 5.08. The zero-order chi connectivity index (χ0) is 14.4. The second kappa shape index (κ2) is 6.85. The molecule has 1 atom stereocenters. The van der Waals surface area contributed by atoms with Gasteiger partial charge in [-0.15, -0.1) is 0 Å². The van der Waals surface area contributed by atoms with E-state index in [1.165, 1.54) is 0 Å². The Kier molecular flexibility index (Phi) is 4.89. The molecular formula is C13H20N6O. The summed E-state index contributed by atoms with van der Waals surface area (Å²) in [7, 11) is 3.46. The van der Waals surface area contributed by atoms with Gasteiger partial charge in [0.05, 0.1) is 6.33 Å². The third-order valence-electron chi connectivity index (χ3n) is 2.74. The molecule has 0 fully saturated rings. The van der Waals surface area contributed by atoms with Crippen molar-refractivity contribution in [3.8, 4) is 0 Å². The normalized spacial score (nSPS) is 12.2. The van der Waals surface area contributed by atoms with Crippen LogP contribution in [0.5, 0.6) is 0 Å². The molecule has 2 N–H and O–H groups in total. The molecule has 0 spiro atoms. The number of hydrogen-bond donors (Lipinski definition) is 2. The second-order valence-corrected chi connectivity index (χ2v) is 4.54. The first-order valence-corrected chi connectivity index (χ1v) is 6.48. The second-order valence-electron chi connectivity index (χ2n) is 4.54. The van der Waals surface area contributed by atoms with E-state index in [0.717, 1.165) is 18.2 Å². The Labute approximate surface area is 118 Å². The van der Waals surface area contributed by atoms with Gasteiger partial charge in [0.25, 0.3) is 0 Å². The van der Waals surface area contributed by atoms with Crippen molar-refractivity contribution < 1.29 is 4.74 Å². The van der Waals surface area contributed by atoms with Gasteiger partial charge in [0.15, 0.2) is 5.82 Å². The van der Waals surface area contributed by atoms with E-state index in [9.17, 15) is 0 Å². The van der Waals surface area contributed by atoms with E-state index in [1.807, 2.05) is 23.9 Å². The molecule has 7 heteroatoms. The van der Waals surface area contributed by atoms with Crippen molar-refractivity contribution in [1.29, 1.82) is 0 Å². The van der Waals surface area contributed by atoms with Gasteiger partial charge in [0.1, 0.15) is 18.2 Å². The SMILES string of the molecule is CNc1cc(NC(C)Cn2ccnc2)nc(COC)n1. The molecule has 0 saturated heterocycles. The lowest BCUT2D eigenvalue weighted by atomic mass is 10.3. The summed E-state index contributed by atoms with van der Waals surface area (Å²) >= 11 is 0. The van der Waals surface area contributed by atoms with Crippen LogP contribution in [-0.2, 0) is 17.9 Å². The Morgan fingerprint density at radius 3 is 2.80 bits per heavy atom. The van der Waals surface area contributed by atoms with Gasteiger partial charge in [0, 0.05) is 45.2 Å². The summed E-state index contributed by atoms with van der Waals surface area (Å²) in [6.07, 6.45) is 5.51. The van der Waals surface area contributed by atoms with Crippen LogP contribution in [0.1, 0.15) is 12.7 Å². The molecule has 0 aliphatic carbocycles. The van der Waals surface area contributed by atoms with Crippen molar-refractivity contribution in [1.82, 2.24) is 19.5 Å². The number of nitrogens with one attached hydrogen (secondary N) is 2. The van der Waals surface area contributed by atoms with Gasteiger partial charge in [-0.25, -0.2) is 15.0 Å². The molecule has 0 bridgehead atoms. The maximum atomic E-state index is 5.08. The third-order valence-corrected chi connectivity index (χ3v) is 2.74. The average Bonchev–Trinajstić information content (AvgIpc) is 2.91. The molecule has 0 saturated carbocycles. The lowest BCUT2D eigenvalue weighted by Gasteiger charge is -2.16. The molecule has 2 aromatic heterocycles. The third kappa shape index (κ3) is 3.92. The first-order chi connectivity index (χ1) is 9.71. The van der Waals surface area contributed by atoms with Crippen LogP contribution in [0.2, 0.25) is 0 Å². The fourth-order valence-electron chi connectivity index (χ4n) is 1.90. The van der Waals surface area contributed by atoms with Gasteiger partial charge in [-0.2, -0.15) is 0 Å². The fourth-order valence-corrected chi connectivity index (χ4v) is 1.90. The first kappa shape index (κ1) is 14.3. The van der Waals surface area contributed by atoms with Crippen LogP contribution in [0.25, 0.3) is 0 Å². The summed E-state index contributed by atoms with van der Waals surface area (Å²) in [5.41, 5.74) is 0. The van der Waals surface area contributed by atoms with Crippen molar-refractivity contribution in [2.24, 2.45) is 0 Å². The molecule has 2 heterocycles. The highest BCUT2D eigenvalue weighted by molar-refractivity contribution is 5.47. The largest absolute Gasteiger partial charge is 0.377 e. The summed E-state index contributed by atoms with van der Waals surface area (Å²) in [5.74, 6) is 2.20. The predicted molar refractivity (Wildman–Crippen MR) is 77.6 cm³/mol. The van der Waals surface area contributed by atoms with Crippen molar-refractivity contribution in [2.45, 2.75) is 26.1 Å². The number of aromatic nitrogens is 4. The molecule has 0 aliphatic heterocycles. The first-order valence-electron chi connectivity index (χ1n) is 6.48. The Hall–Kier alpha value is -2.15. The molecule has 0 aromatic carbocycles. The highest BCUT2D eigenvalue weighted by atomic mass is 16.5. The van der Waals surface area contributed by atoms with Crippen LogP contribution in [0, 0.1) is 0 Å². The van der Waals surface area contributed by atoms with E-state index in [4.69, 9.17) is 4.74 Å². The summed E-state index contributed by atoms with van der Waals surface area (Å²) in [6, 6.07) is 2.10. The zero-order valence-electron chi connectivity index (χ0n) is 12.0. The number of nitrogens with zero attached hydrogens (tertiary/aromatic N) is 4. The number of hydrogen-bond acceptors (Lipinski definition) is 6. The van der Waals surface area contributed by atoms with Gasteiger partial charge in [-0.05, 0) is 6.92 Å². The highest BCUT2D eigenvalue weighted by Gasteiger charge is 2.07. The minimum absolute atomic E-state index is 0.221.